The largest absolute Gasteiger partial charge is 0.369 e. The van der Waals surface area contributed by atoms with Gasteiger partial charge in [0, 0.05) is 24.1 Å². The SMILES string of the molecule is Nc1nc2[nH]c(CCSCCC(=O)NCc3ccccn3)cc2c(=O)[nH]1. The highest BCUT2D eigenvalue weighted by atomic mass is 32.2. The van der Waals surface area contributed by atoms with Gasteiger partial charge in [-0.3, -0.25) is 19.6 Å². The summed E-state index contributed by atoms with van der Waals surface area (Å²) in [5.41, 5.74) is 7.56. The van der Waals surface area contributed by atoms with Crippen LogP contribution in [0.1, 0.15) is 17.8 Å². The monoisotopic (exact) mass is 372 g/mol. The van der Waals surface area contributed by atoms with E-state index in [2.05, 4.69) is 25.3 Å². The quantitative estimate of drug-likeness (QED) is 0.440. The number of hydrogen-bond donors (Lipinski definition) is 4. The fourth-order valence-electron chi connectivity index (χ4n) is 2.46. The van der Waals surface area contributed by atoms with Gasteiger partial charge >= 0.3 is 0 Å². The number of rotatable bonds is 8. The number of H-pyrrole nitrogens is 2. The summed E-state index contributed by atoms with van der Waals surface area (Å²) in [4.78, 5) is 37.4. The molecule has 0 atom stereocenters. The van der Waals surface area contributed by atoms with Gasteiger partial charge in [-0.05, 0) is 30.4 Å². The molecule has 0 saturated heterocycles. The van der Waals surface area contributed by atoms with E-state index in [1.807, 2.05) is 18.2 Å². The number of nitrogen functional groups attached to an aromatic ring is 1. The van der Waals surface area contributed by atoms with Crippen LogP contribution in [-0.4, -0.2) is 37.3 Å². The van der Waals surface area contributed by atoms with Crippen LogP contribution in [0.5, 0.6) is 0 Å². The first-order valence-corrected chi connectivity index (χ1v) is 9.39. The van der Waals surface area contributed by atoms with Crippen LogP contribution in [0, 0.1) is 0 Å². The first-order chi connectivity index (χ1) is 12.6. The fourth-order valence-corrected chi connectivity index (χ4v) is 3.35. The van der Waals surface area contributed by atoms with Crippen molar-refractivity contribution in [2.75, 3.05) is 17.2 Å². The van der Waals surface area contributed by atoms with E-state index in [1.165, 1.54) is 0 Å². The zero-order valence-electron chi connectivity index (χ0n) is 14.1. The Morgan fingerprint density at radius 3 is 2.96 bits per heavy atom. The van der Waals surface area contributed by atoms with Crippen LogP contribution < -0.4 is 16.6 Å². The molecule has 8 nitrogen and oxygen atoms in total. The number of nitrogens with one attached hydrogen (secondary N) is 3. The molecule has 0 aromatic carbocycles. The van der Waals surface area contributed by atoms with Crippen LogP contribution >= 0.6 is 11.8 Å². The number of amides is 1. The molecular weight excluding hydrogens is 352 g/mol. The maximum atomic E-state index is 11.8. The Hall–Kier alpha value is -2.81. The molecule has 0 aliphatic carbocycles. The normalized spacial score (nSPS) is 10.9. The highest BCUT2D eigenvalue weighted by Crippen LogP contribution is 2.13. The minimum atomic E-state index is -0.243. The molecule has 3 aromatic heterocycles. The summed E-state index contributed by atoms with van der Waals surface area (Å²) in [7, 11) is 0. The number of carbonyl (C=O) groups excluding carboxylic acids is 1. The molecule has 0 aliphatic heterocycles. The Morgan fingerprint density at radius 1 is 1.27 bits per heavy atom. The molecule has 0 bridgehead atoms. The first-order valence-electron chi connectivity index (χ1n) is 8.23. The number of aromatic nitrogens is 4. The van der Waals surface area contributed by atoms with Crippen LogP contribution in [0.2, 0.25) is 0 Å². The van der Waals surface area contributed by atoms with Crippen LogP contribution in [0.25, 0.3) is 11.0 Å². The molecule has 9 heteroatoms. The summed E-state index contributed by atoms with van der Waals surface area (Å²) in [6.45, 7) is 0.448. The lowest BCUT2D eigenvalue weighted by molar-refractivity contribution is -0.120. The fraction of sp³-hybridized carbons (Fsp3) is 0.294. The molecule has 0 unspecified atom stereocenters. The molecule has 3 heterocycles. The van der Waals surface area contributed by atoms with E-state index in [9.17, 15) is 9.59 Å². The summed E-state index contributed by atoms with van der Waals surface area (Å²) < 4.78 is 0. The Kier molecular flexibility index (Phi) is 5.90. The van der Waals surface area contributed by atoms with Gasteiger partial charge in [0.25, 0.3) is 5.56 Å². The van der Waals surface area contributed by atoms with Crippen molar-refractivity contribution in [2.24, 2.45) is 0 Å². The third-order valence-corrected chi connectivity index (χ3v) is 4.74. The molecule has 136 valence electrons. The molecule has 0 radical (unpaired) electrons. The number of nitrogens with zero attached hydrogens (tertiary/aromatic N) is 2. The lowest BCUT2D eigenvalue weighted by Gasteiger charge is -2.04. The molecule has 0 saturated carbocycles. The van der Waals surface area contributed by atoms with Crippen molar-refractivity contribution in [2.45, 2.75) is 19.4 Å². The molecule has 3 aromatic rings. The van der Waals surface area contributed by atoms with Crippen molar-refractivity contribution in [1.29, 1.82) is 0 Å². The predicted molar refractivity (Wildman–Crippen MR) is 103 cm³/mol. The third kappa shape index (κ3) is 4.85. The molecule has 0 aliphatic rings. The summed E-state index contributed by atoms with van der Waals surface area (Å²) in [5.74, 6) is 1.69. The summed E-state index contributed by atoms with van der Waals surface area (Å²) in [6, 6.07) is 7.41. The van der Waals surface area contributed by atoms with Gasteiger partial charge in [-0.1, -0.05) is 6.07 Å². The van der Waals surface area contributed by atoms with E-state index in [1.54, 1.807) is 24.0 Å². The number of hydrogen-bond acceptors (Lipinski definition) is 6. The van der Waals surface area contributed by atoms with Crippen molar-refractivity contribution < 1.29 is 4.79 Å². The van der Waals surface area contributed by atoms with Crippen molar-refractivity contribution in [3.05, 3.63) is 52.2 Å². The van der Waals surface area contributed by atoms with Crippen molar-refractivity contribution >= 4 is 34.7 Å². The second-order valence-corrected chi connectivity index (χ2v) is 6.94. The summed E-state index contributed by atoms with van der Waals surface area (Å²) in [6.07, 6.45) is 2.93. The van der Waals surface area contributed by atoms with Gasteiger partial charge in [-0.2, -0.15) is 16.7 Å². The van der Waals surface area contributed by atoms with Gasteiger partial charge < -0.3 is 16.0 Å². The smallest absolute Gasteiger partial charge is 0.261 e. The first kappa shape index (κ1) is 18.0. The number of pyridine rings is 1. The van der Waals surface area contributed by atoms with E-state index in [-0.39, 0.29) is 17.4 Å². The average molecular weight is 372 g/mol. The molecule has 0 spiro atoms. The van der Waals surface area contributed by atoms with Crippen molar-refractivity contribution in [3.8, 4) is 0 Å². The minimum absolute atomic E-state index is 0.0139. The third-order valence-electron chi connectivity index (χ3n) is 3.75. The predicted octanol–water partition coefficient (Wildman–Crippen LogP) is 1.21. The van der Waals surface area contributed by atoms with Crippen LogP contribution in [0.15, 0.2) is 35.3 Å². The lowest BCUT2D eigenvalue weighted by atomic mass is 10.3. The van der Waals surface area contributed by atoms with Crippen LogP contribution in [0.4, 0.5) is 5.95 Å². The molecule has 26 heavy (non-hydrogen) atoms. The number of aromatic amines is 2. The van der Waals surface area contributed by atoms with Gasteiger partial charge in [-0.15, -0.1) is 0 Å². The minimum Gasteiger partial charge on any atom is -0.369 e. The maximum Gasteiger partial charge on any atom is 0.261 e. The van der Waals surface area contributed by atoms with Gasteiger partial charge in [0.1, 0.15) is 5.65 Å². The lowest BCUT2D eigenvalue weighted by Crippen LogP contribution is -2.23. The topological polar surface area (TPSA) is 130 Å². The summed E-state index contributed by atoms with van der Waals surface area (Å²) >= 11 is 1.69. The number of thioether (sulfide) groups is 1. The van der Waals surface area contributed by atoms with E-state index < -0.39 is 0 Å². The van der Waals surface area contributed by atoms with Crippen LogP contribution in [-0.2, 0) is 17.8 Å². The number of aryl methyl sites for hydroxylation is 1. The Bertz CT molecular complexity index is 937. The van der Waals surface area contributed by atoms with E-state index >= 15 is 0 Å². The van der Waals surface area contributed by atoms with E-state index in [4.69, 9.17) is 5.73 Å². The second kappa shape index (κ2) is 8.52. The number of nitrogens with two attached hydrogens (primary N) is 1. The van der Waals surface area contributed by atoms with Crippen molar-refractivity contribution in [1.82, 2.24) is 25.3 Å². The highest BCUT2D eigenvalue weighted by molar-refractivity contribution is 7.99. The molecule has 1 amide bonds. The summed E-state index contributed by atoms with van der Waals surface area (Å²) in [5, 5.41) is 3.37. The number of fused-ring (bicyclic) bond motifs is 1. The Balaban J connectivity index is 1.37. The zero-order chi connectivity index (χ0) is 18.4. The van der Waals surface area contributed by atoms with E-state index in [0.29, 0.717) is 24.0 Å². The zero-order valence-corrected chi connectivity index (χ0v) is 14.9. The average Bonchev–Trinajstić information content (AvgIpc) is 3.03. The number of anilines is 1. The molecular formula is C17H20N6O2S. The maximum absolute atomic E-state index is 11.8. The Morgan fingerprint density at radius 2 is 2.15 bits per heavy atom. The molecule has 0 fully saturated rings. The number of carbonyl (C=O) groups is 1. The van der Waals surface area contributed by atoms with Gasteiger partial charge in [0.15, 0.2) is 0 Å². The highest BCUT2D eigenvalue weighted by Gasteiger charge is 2.07. The van der Waals surface area contributed by atoms with Crippen molar-refractivity contribution in [3.63, 3.8) is 0 Å². The van der Waals surface area contributed by atoms with Crippen LogP contribution in [0.3, 0.4) is 0 Å². The standard InChI is InChI=1S/C17H20N6O2S/c18-17-22-15-13(16(25)23-17)9-11(21-15)4-7-26-8-5-14(24)20-10-12-3-1-2-6-19-12/h1-3,6,9H,4-5,7-8,10H2,(H,20,24)(H4,18,21,22,23,25). The van der Waals surface area contributed by atoms with Gasteiger partial charge in [0.05, 0.1) is 17.6 Å². The van der Waals surface area contributed by atoms with Gasteiger partial charge in [0.2, 0.25) is 11.9 Å². The second-order valence-electron chi connectivity index (χ2n) is 5.72. The van der Waals surface area contributed by atoms with E-state index in [0.717, 1.165) is 29.3 Å². The molecule has 3 rings (SSSR count). The Labute approximate surface area is 154 Å². The molecule has 5 N–H and O–H groups in total. The van der Waals surface area contributed by atoms with Gasteiger partial charge in [-0.25, -0.2) is 0 Å².